The number of carbonyl (C=O) groups is 1. The van der Waals surface area contributed by atoms with E-state index < -0.39 is 12.0 Å². The first-order chi connectivity index (χ1) is 16.4. The van der Waals surface area contributed by atoms with Crippen LogP contribution in [0.1, 0.15) is 31.0 Å². The number of nitrogens with zero attached hydrogens (tertiary/aromatic N) is 2. The van der Waals surface area contributed by atoms with Crippen molar-refractivity contribution in [3.8, 4) is 17.2 Å². The van der Waals surface area contributed by atoms with Crippen LogP contribution in [0.25, 0.3) is 6.08 Å². The van der Waals surface area contributed by atoms with E-state index in [-0.39, 0.29) is 23.5 Å². The zero-order chi connectivity index (χ0) is 24.4. The van der Waals surface area contributed by atoms with Gasteiger partial charge in [-0.15, -0.1) is 0 Å². The van der Waals surface area contributed by atoms with E-state index in [0.717, 1.165) is 0 Å². The molecule has 0 amide bonds. The highest BCUT2D eigenvalue weighted by atomic mass is 32.1. The second-order valence-electron chi connectivity index (χ2n) is 7.47. The van der Waals surface area contributed by atoms with Crippen molar-refractivity contribution in [3.63, 3.8) is 0 Å². The van der Waals surface area contributed by atoms with Crippen LogP contribution >= 0.6 is 11.3 Å². The van der Waals surface area contributed by atoms with E-state index in [1.807, 2.05) is 0 Å². The highest BCUT2D eigenvalue weighted by Crippen LogP contribution is 2.37. The molecule has 176 valence electrons. The summed E-state index contributed by atoms with van der Waals surface area (Å²) >= 11 is 1.18. The third kappa shape index (κ3) is 4.10. The zero-order valence-corrected chi connectivity index (χ0v) is 20.0. The summed E-state index contributed by atoms with van der Waals surface area (Å²) in [6.07, 6.45) is 1.62. The number of ether oxygens (including phenoxy) is 3. The molecule has 0 unspecified atom stereocenters. The van der Waals surface area contributed by atoms with Crippen LogP contribution in [-0.2, 0) is 9.53 Å². The van der Waals surface area contributed by atoms with E-state index in [9.17, 15) is 14.7 Å². The molecule has 0 radical (unpaired) electrons. The predicted molar refractivity (Wildman–Crippen MR) is 128 cm³/mol. The number of para-hydroxylation sites is 1. The van der Waals surface area contributed by atoms with Gasteiger partial charge in [-0.25, -0.2) is 9.79 Å². The Morgan fingerprint density at radius 2 is 1.97 bits per heavy atom. The van der Waals surface area contributed by atoms with Gasteiger partial charge in [-0.2, -0.15) is 0 Å². The Bertz CT molecular complexity index is 1470. The van der Waals surface area contributed by atoms with Crippen molar-refractivity contribution in [3.05, 3.63) is 84.5 Å². The van der Waals surface area contributed by atoms with Gasteiger partial charge in [0, 0.05) is 17.2 Å². The van der Waals surface area contributed by atoms with E-state index >= 15 is 0 Å². The van der Waals surface area contributed by atoms with Gasteiger partial charge < -0.3 is 19.3 Å². The van der Waals surface area contributed by atoms with Gasteiger partial charge in [0.05, 0.1) is 36.6 Å². The lowest BCUT2D eigenvalue weighted by molar-refractivity contribution is -0.139. The maximum absolute atomic E-state index is 13.6. The Labute approximate surface area is 199 Å². The number of hydrogen-bond donors (Lipinski definition) is 1. The monoisotopic (exact) mass is 480 g/mol. The minimum absolute atomic E-state index is 0.0603. The summed E-state index contributed by atoms with van der Waals surface area (Å²) in [6.45, 7) is 3.62. The van der Waals surface area contributed by atoms with Gasteiger partial charge in [0.25, 0.3) is 5.56 Å². The summed E-state index contributed by atoms with van der Waals surface area (Å²) in [7, 11) is 3.06. The number of hydrogen-bond acceptors (Lipinski definition) is 8. The molecule has 1 aliphatic rings. The van der Waals surface area contributed by atoms with Crippen LogP contribution in [-0.4, -0.2) is 36.5 Å². The van der Waals surface area contributed by atoms with E-state index in [1.54, 1.807) is 69.5 Å². The number of aromatic hydroxyl groups is 1. The lowest BCUT2D eigenvalue weighted by Crippen LogP contribution is -2.40. The topological polar surface area (TPSA) is 99.4 Å². The molecule has 3 aromatic rings. The highest BCUT2D eigenvalue weighted by molar-refractivity contribution is 7.07. The summed E-state index contributed by atoms with van der Waals surface area (Å²) in [5.74, 6) is 0.536. The fourth-order valence-corrected chi connectivity index (χ4v) is 4.92. The van der Waals surface area contributed by atoms with Gasteiger partial charge >= 0.3 is 5.97 Å². The van der Waals surface area contributed by atoms with E-state index in [4.69, 9.17) is 14.2 Å². The highest BCUT2D eigenvalue weighted by Gasteiger charge is 2.35. The molecule has 2 aromatic carbocycles. The standard InChI is InChI=1S/C25H24N2O6S/c1-5-33-24(30)21-14(2)26-25-27(22(21)17-11-10-16(31-3)13-19(17)32-4)23(29)20(34-25)12-15-8-6-7-9-18(15)28/h6-13,22,28H,5H2,1-4H3/b20-12-/t22-/m0/s1. The van der Waals surface area contributed by atoms with Crippen LogP contribution in [0.15, 0.2) is 63.5 Å². The Balaban J connectivity index is 2.01. The molecule has 2 heterocycles. The van der Waals surface area contributed by atoms with Gasteiger partial charge in [0.15, 0.2) is 4.80 Å². The lowest BCUT2D eigenvalue weighted by Gasteiger charge is -2.26. The molecule has 0 fully saturated rings. The Hall–Kier alpha value is -3.85. The summed E-state index contributed by atoms with van der Waals surface area (Å²) in [5.41, 5.74) is 1.47. The van der Waals surface area contributed by atoms with Crippen molar-refractivity contribution in [1.82, 2.24) is 4.57 Å². The molecule has 0 aliphatic carbocycles. The van der Waals surface area contributed by atoms with Gasteiger partial charge in [-0.3, -0.25) is 9.36 Å². The van der Waals surface area contributed by atoms with Crippen LogP contribution in [0, 0.1) is 0 Å². The molecule has 0 spiro atoms. The van der Waals surface area contributed by atoms with Gasteiger partial charge in [-0.1, -0.05) is 29.5 Å². The first-order valence-corrected chi connectivity index (χ1v) is 11.4. The minimum atomic E-state index is -0.817. The number of allylic oxidation sites excluding steroid dienone is 1. The molecule has 1 N–H and O–H groups in total. The number of esters is 1. The Morgan fingerprint density at radius 1 is 1.21 bits per heavy atom. The lowest BCUT2D eigenvalue weighted by atomic mass is 9.95. The molecular weight excluding hydrogens is 456 g/mol. The molecule has 1 atom stereocenters. The molecule has 0 bridgehead atoms. The number of rotatable bonds is 6. The van der Waals surface area contributed by atoms with Crippen molar-refractivity contribution in [2.24, 2.45) is 4.99 Å². The van der Waals surface area contributed by atoms with Crippen LogP contribution in [0.4, 0.5) is 0 Å². The van der Waals surface area contributed by atoms with E-state index in [0.29, 0.717) is 37.7 Å². The van der Waals surface area contributed by atoms with Crippen LogP contribution in [0.3, 0.4) is 0 Å². The largest absolute Gasteiger partial charge is 0.507 e. The average molecular weight is 481 g/mol. The molecular formula is C25H24N2O6S. The van der Waals surface area contributed by atoms with Crippen LogP contribution in [0.5, 0.6) is 17.2 Å². The number of benzene rings is 2. The van der Waals surface area contributed by atoms with Crippen molar-refractivity contribution in [1.29, 1.82) is 0 Å². The second-order valence-corrected chi connectivity index (χ2v) is 8.48. The molecule has 0 saturated carbocycles. The first-order valence-electron chi connectivity index (χ1n) is 10.6. The van der Waals surface area contributed by atoms with Crippen molar-refractivity contribution in [2.45, 2.75) is 19.9 Å². The Kier molecular flexibility index (Phi) is 6.56. The predicted octanol–water partition coefficient (Wildman–Crippen LogP) is 2.52. The fraction of sp³-hybridized carbons (Fsp3) is 0.240. The summed E-state index contributed by atoms with van der Waals surface area (Å²) in [6, 6.07) is 11.1. The maximum Gasteiger partial charge on any atom is 0.338 e. The summed E-state index contributed by atoms with van der Waals surface area (Å²) in [5, 5.41) is 10.2. The molecule has 1 aliphatic heterocycles. The van der Waals surface area contributed by atoms with Crippen molar-refractivity contribution < 1.29 is 24.1 Å². The normalized spacial score (nSPS) is 15.5. The van der Waals surface area contributed by atoms with Gasteiger partial charge in [0.2, 0.25) is 0 Å². The summed E-state index contributed by atoms with van der Waals surface area (Å²) in [4.78, 5) is 31.6. The second kappa shape index (κ2) is 9.56. The molecule has 4 rings (SSSR count). The minimum Gasteiger partial charge on any atom is -0.507 e. The molecule has 34 heavy (non-hydrogen) atoms. The smallest absolute Gasteiger partial charge is 0.338 e. The quantitative estimate of drug-likeness (QED) is 0.545. The van der Waals surface area contributed by atoms with Gasteiger partial charge in [-0.05, 0) is 38.1 Å². The first kappa shape index (κ1) is 23.3. The number of carbonyl (C=O) groups excluding carboxylic acids is 1. The van der Waals surface area contributed by atoms with Gasteiger partial charge in [0.1, 0.15) is 23.3 Å². The average Bonchev–Trinajstić information content (AvgIpc) is 3.13. The van der Waals surface area contributed by atoms with Crippen molar-refractivity contribution >= 4 is 23.4 Å². The fourth-order valence-electron chi connectivity index (χ4n) is 3.88. The number of phenolic OH excluding ortho intramolecular Hbond substituents is 1. The van der Waals surface area contributed by atoms with E-state index in [2.05, 4.69) is 4.99 Å². The van der Waals surface area contributed by atoms with Crippen LogP contribution < -0.4 is 24.4 Å². The molecule has 8 nitrogen and oxygen atoms in total. The third-order valence-corrected chi connectivity index (χ3v) is 6.46. The van der Waals surface area contributed by atoms with Crippen molar-refractivity contribution in [2.75, 3.05) is 20.8 Å². The number of thiazole rings is 1. The Morgan fingerprint density at radius 3 is 2.65 bits per heavy atom. The summed E-state index contributed by atoms with van der Waals surface area (Å²) < 4.78 is 18.1. The number of phenols is 1. The zero-order valence-electron chi connectivity index (χ0n) is 19.2. The maximum atomic E-state index is 13.6. The number of methoxy groups -OCH3 is 2. The number of aromatic nitrogens is 1. The number of fused-ring (bicyclic) bond motifs is 1. The van der Waals surface area contributed by atoms with E-state index in [1.165, 1.54) is 23.0 Å². The molecule has 1 aromatic heterocycles. The molecule has 0 saturated heterocycles. The SMILES string of the molecule is CCOC(=O)C1=C(C)N=c2s/c(=C\c3ccccc3O)c(=O)n2[C@H]1c1ccc(OC)cc1OC. The third-order valence-electron chi connectivity index (χ3n) is 5.48. The van der Waals surface area contributed by atoms with Crippen LogP contribution in [0.2, 0.25) is 0 Å². The molecule has 9 heteroatoms.